The number of para-hydroxylation sites is 1. The Bertz CT molecular complexity index is 1320. The number of aromatic nitrogens is 1. The van der Waals surface area contributed by atoms with E-state index in [4.69, 9.17) is 0 Å². The summed E-state index contributed by atoms with van der Waals surface area (Å²) in [6, 6.07) is 24.7. The Kier molecular flexibility index (Phi) is 5.31. The maximum Gasteiger partial charge on any atom is 0.267 e. The molecule has 30 heavy (non-hydrogen) atoms. The molecule has 6 nitrogen and oxygen atoms in total. The number of carbonyl (C=O) groups is 1. The van der Waals surface area contributed by atoms with Gasteiger partial charge in [0.15, 0.2) is 0 Å². The molecule has 0 spiro atoms. The van der Waals surface area contributed by atoms with Gasteiger partial charge in [-0.3, -0.25) is 10.2 Å². The van der Waals surface area contributed by atoms with Gasteiger partial charge in [0.1, 0.15) is 0 Å². The van der Waals surface area contributed by atoms with E-state index in [2.05, 4.69) is 15.2 Å². The van der Waals surface area contributed by atoms with Gasteiger partial charge in [-0.25, -0.2) is 13.4 Å². The average molecular weight is 417 g/mol. The highest BCUT2D eigenvalue weighted by Gasteiger charge is 2.18. The van der Waals surface area contributed by atoms with E-state index in [-0.39, 0.29) is 4.90 Å². The molecule has 0 bridgehead atoms. The normalized spacial score (nSPS) is 11.4. The van der Waals surface area contributed by atoms with Crippen LogP contribution in [0.4, 0.5) is 0 Å². The second kappa shape index (κ2) is 8.06. The minimum Gasteiger partial charge on any atom is -0.273 e. The van der Waals surface area contributed by atoms with Gasteiger partial charge in [0.2, 0.25) is 0 Å². The number of pyridine rings is 1. The lowest BCUT2D eigenvalue weighted by molar-refractivity contribution is 0.0946. The van der Waals surface area contributed by atoms with Crippen LogP contribution in [0, 0.1) is 6.92 Å². The first kappa shape index (κ1) is 19.8. The van der Waals surface area contributed by atoms with E-state index in [1.807, 2.05) is 49.4 Å². The fourth-order valence-corrected chi connectivity index (χ4v) is 3.92. The van der Waals surface area contributed by atoms with Crippen molar-refractivity contribution in [3.63, 3.8) is 0 Å². The summed E-state index contributed by atoms with van der Waals surface area (Å²) in [5.74, 6) is -0.568. The number of hydrogen-bond donors (Lipinski definition) is 2. The van der Waals surface area contributed by atoms with Crippen LogP contribution in [0.5, 0.6) is 0 Å². The van der Waals surface area contributed by atoms with Crippen LogP contribution in [0.3, 0.4) is 0 Å². The molecule has 1 aromatic heterocycles. The standard InChI is InChI=1S/C23H19N3O3S/c1-16-11-13-18(14-12-16)30(28,29)26-25-23(27)20-15-22(17-7-3-2-4-8-17)24-21-10-6-5-9-19(20)21/h2-15,26H,1H3,(H,25,27). The van der Waals surface area contributed by atoms with Crippen LogP contribution in [0.1, 0.15) is 15.9 Å². The minimum atomic E-state index is -3.89. The van der Waals surface area contributed by atoms with Gasteiger partial charge >= 0.3 is 0 Å². The van der Waals surface area contributed by atoms with Crippen molar-refractivity contribution in [2.24, 2.45) is 0 Å². The van der Waals surface area contributed by atoms with Gasteiger partial charge < -0.3 is 0 Å². The largest absolute Gasteiger partial charge is 0.273 e. The Balaban J connectivity index is 1.66. The van der Waals surface area contributed by atoms with Crippen LogP contribution in [-0.4, -0.2) is 19.3 Å². The number of carbonyl (C=O) groups excluding carboxylic acids is 1. The number of benzene rings is 3. The molecule has 0 saturated carbocycles. The summed E-state index contributed by atoms with van der Waals surface area (Å²) in [4.78, 5) is 19.8. The van der Waals surface area contributed by atoms with E-state index < -0.39 is 15.9 Å². The number of hydrazine groups is 1. The predicted octanol–water partition coefficient (Wildman–Crippen LogP) is 3.83. The molecule has 1 heterocycles. The Hall–Kier alpha value is -3.55. The van der Waals surface area contributed by atoms with Crippen molar-refractivity contribution >= 4 is 26.8 Å². The zero-order valence-corrected chi connectivity index (χ0v) is 17.0. The molecule has 7 heteroatoms. The van der Waals surface area contributed by atoms with Crippen LogP contribution in [0.2, 0.25) is 0 Å². The summed E-state index contributed by atoms with van der Waals surface area (Å²) in [5.41, 5.74) is 5.71. The summed E-state index contributed by atoms with van der Waals surface area (Å²) in [7, 11) is -3.89. The fraction of sp³-hybridized carbons (Fsp3) is 0.0435. The summed E-state index contributed by atoms with van der Waals surface area (Å²) in [6.45, 7) is 1.87. The Morgan fingerprint density at radius 2 is 1.53 bits per heavy atom. The third-order valence-corrected chi connectivity index (χ3v) is 5.92. The highest BCUT2D eigenvalue weighted by atomic mass is 32.2. The monoisotopic (exact) mass is 417 g/mol. The van der Waals surface area contributed by atoms with Crippen LogP contribution in [0.25, 0.3) is 22.2 Å². The third kappa shape index (κ3) is 4.07. The molecule has 150 valence electrons. The van der Waals surface area contributed by atoms with E-state index >= 15 is 0 Å². The van der Waals surface area contributed by atoms with Gasteiger partial charge in [0.05, 0.1) is 21.7 Å². The molecule has 0 aliphatic rings. The van der Waals surface area contributed by atoms with Crippen molar-refractivity contribution in [2.45, 2.75) is 11.8 Å². The third-order valence-electron chi connectivity index (χ3n) is 4.66. The summed E-state index contributed by atoms with van der Waals surface area (Å²) < 4.78 is 25.0. The SMILES string of the molecule is Cc1ccc(S(=O)(=O)NNC(=O)c2cc(-c3ccccc3)nc3ccccc23)cc1. The number of nitrogens with zero attached hydrogens (tertiary/aromatic N) is 1. The maximum absolute atomic E-state index is 12.9. The zero-order chi connectivity index (χ0) is 21.1. The molecule has 0 unspecified atom stereocenters. The highest BCUT2D eigenvalue weighted by Crippen LogP contribution is 2.24. The zero-order valence-electron chi connectivity index (χ0n) is 16.2. The van der Waals surface area contributed by atoms with Crippen LogP contribution in [0.15, 0.2) is 89.8 Å². The second-order valence-corrected chi connectivity index (χ2v) is 8.49. The molecule has 0 fully saturated rings. The maximum atomic E-state index is 12.9. The average Bonchev–Trinajstić information content (AvgIpc) is 2.77. The number of aryl methyl sites for hydroxylation is 1. The van der Waals surface area contributed by atoms with Gasteiger partial charge in [-0.1, -0.05) is 66.2 Å². The van der Waals surface area contributed by atoms with Gasteiger partial charge in [-0.15, -0.1) is 4.83 Å². The molecule has 0 aliphatic carbocycles. The number of hydrogen-bond acceptors (Lipinski definition) is 4. The number of amides is 1. The molecule has 0 radical (unpaired) electrons. The molecule has 4 rings (SSSR count). The Morgan fingerprint density at radius 3 is 2.27 bits per heavy atom. The first-order chi connectivity index (χ1) is 14.4. The summed E-state index contributed by atoms with van der Waals surface area (Å²) >= 11 is 0. The lowest BCUT2D eigenvalue weighted by atomic mass is 10.0. The summed E-state index contributed by atoms with van der Waals surface area (Å²) in [5, 5.41) is 0.629. The topological polar surface area (TPSA) is 88.2 Å². The van der Waals surface area contributed by atoms with Gasteiger partial charge in [0, 0.05) is 10.9 Å². The number of nitrogens with one attached hydrogen (secondary N) is 2. The molecule has 1 amide bonds. The van der Waals surface area contributed by atoms with Crippen molar-refractivity contribution in [1.82, 2.24) is 15.2 Å². The lowest BCUT2D eigenvalue weighted by Crippen LogP contribution is -2.41. The van der Waals surface area contributed by atoms with Crippen molar-refractivity contribution in [1.29, 1.82) is 0 Å². The summed E-state index contributed by atoms with van der Waals surface area (Å²) in [6.07, 6.45) is 0. The smallest absolute Gasteiger partial charge is 0.267 e. The minimum absolute atomic E-state index is 0.0676. The van der Waals surface area contributed by atoms with Crippen LogP contribution in [-0.2, 0) is 10.0 Å². The Labute approximate surface area is 174 Å². The van der Waals surface area contributed by atoms with Crippen molar-refractivity contribution in [3.8, 4) is 11.3 Å². The number of fused-ring (bicyclic) bond motifs is 1. The molecule has 0 atom stereocenters. The molecule has 4 aromatic rings. The van der Waals surface area contributed by atoms with Crippen molar-refractivity contribution in [2.75, 3.05) is 0 Å². The van der Waals surface area contributed by atoms with Crippen LogP contribution < -0.4 is 10.3 Å². The molecular weight excluding hydrogens is 398 g/mol. The molecule has 2 N–H and O–H groups in total. The number of sulfonamides is 1. The first-order valence-corrected chi connectivity index (χ1v) is 10.8. The highest BCUT2D eigenvalue weighted by molar-refractivity contribution is 7.89. The van der Waals surface area contributed by atoms with Crippen molar-refractivity contribution in [3.05, 3.63) is 96.1 Å². The molecule has 0 saturated heterocycles. The van der Waals surface area contributed by atoms with Gasteiger partial charge in [-0.2, -0.15) is 0 Å². The lowest BCUT2D eigenvalue weighted by Gasteiger charge is -2.12. The number of rotatable bonds is 5. The Morgan fingerprint density at radius 1 is 0.867 bits per heavy atom. The van der Waals surface area contributed by atoms with E-state index in [9.17, 15) is 13.2 Å². The molecular formula is C23H19N3O3S. The quantitative estimate of drug-likeness (QED) is 0.483. The van der Waals surface area contributed by atoms with E-state index in [1.54, 1.807) is 30.3 Å². The molecule has 0 aliphatic heterocycles. The fourth-order valence-electron chi connectivity index (χ4n) is 3.08. The van der Waals surface area contributed by atoms with Crippen molar-refractivity contribution < 1.29 is 13.2 Å². The van der Waals surface area contributed by atoms with Gasteiger partial charge in [-0.05, 0) is 31.2 Å². The van der Waals surface area contributed by atoms with Crippen LogP contribution >= 0.6 is 0 Å². The van der Waals surface area contributed by atoms with E-state index in [1.165, 1.54) is 12.1 Å². The predicted molar refractivity (Wildman–Crippen MR) is 116 cm³/mol. The molecule has 3 aromatic carbocycles. The van der Waals surface area contributed by atoms with Gasteiger partial charge in [0.25, 0.3) is 15.9 Å². The first-order valence-electron chi connectivity index (χ1n) is 9.28. The second-order valence-electron chi connectivity index (χ2n) is 6.81. The van der Waals surface area contributed by atoms with E-state index in [0.717, 1.165) is 11.1 Å². The van der Waals surface area contributed by atoms with E-state index in [0.29, 0.717) is 22.2 Å².